The molecule has 88 valence electrons. The first kappa shape index (κ1) is 12.8. The zero-order valence-corrected chi connectivity index (χ0v) is 11.5. The lowest BCUT2D eigenvalue weighted by molar-refractivity contribution is 0.0441. The lowest BCUT2D eigenvalue weighted by Gasteiger charge is -2.46. The molecule has 15 heavy (non-hydrogen) atoms. The van der Waals surface area contributed by atoms with E-state index in [0.717, 1.165) is 35.5 Å². The summed E-state index contributed by atoms with van der Waals surface area (Å²) in [5.74, 6) is 5.05. The van der Waals surface area contributed by atoms with Gasteiger partial charge in [-0.15, -0.1) is 0 Å². The Morgan fingerprint density at radius 1 is 0.667 bits per heavy atom. The summed E-state index contributed by atoms with van der Waals surface area (Å²) in [7, 11) is 0. The van der Waals surface area contributed by atoms with Crippen molar-refractivity contribution in [2.24, 2.45) is 35.5 Å². The molecule has 1 aliphatic rings. The van der Waals surface area contributed by atoms with Gasteiger partial charge in [0.1, 0.15) is 0 Å². The van der Waals surface area contributed by atoms with E-state index in [0.29, 0.717) is 0 Å². The van der Waals surface area contributed by atoms with E-state index in [9.17, 15) is 0 Å². The van der Waals surface area contributed by atoms with E-state index in [-0.39, 0.29) is 0 Å². The van der Waals surface area contributed by atoms with Crippen molar-refractivity contribution in [1.29, 1.82) is 0 Å². The van der Waals surface area contributed by atoms with E-state index in [1.54, 1.807) is 0 Å². The van der Waals surface area contributed by atoms with Gasteiger partial charge in [-0.2, -0.15) is 0 Å². The molecule has 0 aromatic carbocycles. The zero-order chi connectivity index (χ0) is 11.7. The minimum absolute atomic E-state index is 0.788. The highest BCUT2D eigenvalue weighted by Gasteiger charge is 2.39. The summed E-state index contributed by atoms with van der Waals surface area (Å²) in [6, 6.07) is 0. The lowest BCUT2D eigenvalue weighted by atomic mass is 9.59. The molecule has 0 aromatic rings. The minimum Gasteiger partial charge on any atom is -0.0822 e. The lowest BCUT2D eigenvalue weighted by Crippen LogP contribution is -2.40. The maximum Gasteiger partial charge on any atom is -0.0174 e. The van der Waals surface area contributed by atoms with Crippen molar-refractivity contribution in [3.8, 4) is 0 Å². The van der Waals surface area contributed by atoms with Crippen molar-refractivity contribution >= 4 is 0 Å². The highest BCUT2D eigenvalue weighted by Crippen LogP contribution is 2.46. The third kappa shape index (κ3) is 2.46. The average Bonchev–Trinajstić information content (AvgIpc) is 2.18. The van der Waals surface area contributed by atoms with Crippen molar-refractivity contribution in [3.63, 3.8) is 0 Å². The molecule has 0 heterocycles. The summed E-state index contributed by atoms with van der Waals surface area (Å²) in [6.45, 7) is 16.6. The van der Waals surface area contributed by atoms with Gasteiger partial charge in [0, 0.05) is 0 Å². The molecule has 4 atom stereocenters. The quantitative estimate of drug-likeness (QED) is 0.545. The molecule has 0 nitrogen and oxygen atoms in total. The number of allylic oxidation sites excluding steroid dienone is 2. The Bertz CT molecular complexity index is 218. The molecule has 1 fully saturated rings. The van der Waals surface area contributed by atoms with Crippen molar-refractivity contribution in [3.05, 3.63) is 11.6 Å². The third-order valence-corrected chi connectivity index (χ3v) is 5.06. The molecule has 0 aliphatic heterocycles. The van der Waals surface area contributed by atoms with Gasteiger partial charge in [0.05, 0.1) is 0 Å². The van der Waals surface area contributed by atoms with Crippen molar-refractivity contribution in [1.82, 2.24) is 0 Å². The molecule has 1 aliphatic carbocycles. The van der Waals surface area contributed by atoms with Crippen molar-refractivity contribution in [2.75, 3.05) is 0 Å². The normalized spacial score (nSPS) is 46.3. The SMILES string of the molecule is CC(C)=CC1C(C)C(C)C(C)C(C)C1C. The summed E-state index contributed by atoms with van der Waals surface area (Å²) in [4.78, 5) is 0. The third-order valence-electron chi connectivity index (χ3n) is 5.06. The largest absolute Gasteiger partial charge is 0.0822 e. The Morgan fingerprint density at radius 2 is 1.00 bits per heavy atom. The highest BCUT2D eigenvalue weighted by atomic mass is 14.4. The van der Waals surface area contributed by atoms with E-state index >= 15 is 0 Å². The van der Waals surface area contributed by atoms with Gasteiger partial charge in [-0.05, 0) is 49.4 Å². The average molecular weight is 208 g/mol. The monoisotopic (exact) mass is 208 g/mol. The first-order valence-electron chi connectivity index (χ1n) is 6.51. The maximum absolute atomic E-state index is 2.51. The van der Waals surface area contributed by atoms with Crippen LogP contribution in [0.4, 0.5) is 0 Å². The first-order chi connectivity index (χ1) is 6.86. The summed E-state index contributed by atoms with van der Waals surface area (Å²) in [6.07, 6.45) is 2.51. The van der Waals surface area contributed by atoms with Gasteiger partial charge in [0.25, 0.3) is 0 Å². The topological polar surface area (TPSA) is 0 Å². The predicted octanol–water partition coefficient (Wildman–Crippen LogP) is 4.76. The second-order valence-corrected chi connectivity index (χ2v) is 6.12. The molecular weight excluding hydrogens is 180 g/mol. The van der Waals surface area contributed by atoms with Gasteiger partial charge in [-0.1, -0.05) is 46.3 Å². The predicted molar refractivity (Wildman–Crippen MR) is 68.7 cm³/mol. The van der Waals surface area contributed by atoms with Crippen molar-refractivity contribution in [2.45, 2.75) is 48.5 Å². The molecule has 0 bridgehead atoms. The molecule has 4 unspecified atom stereocenters. The van der Waals surface area contributed by atoms with E-state index in [2.05, 4.69) is 54.5 Å². The van der Waals surface area contributed by atoms with Gasteiger partial charge in [0.15, 0.2) is 0 Å². The Hall–Kier alpha value is -0.260. The van der Waals surface area contributed by atoms with Gasteiger partial charge in [0.2, 0.25) is 0 Å². The Kier molecular flexibility index (Phi) is 4.03. The van der Waals surface area contributed by atoms with Crippen LogP contribution in [0.25, 0.3) is 0 Å². The van der Waals surface area contributed by atoms with Crippen LogP contribution in [-0.2, 0) is 0 Å². The highest BCUT2D eigenvalue weighted by molar-refractivity contribution is 5.04. The first-order valence-corrected chi connectivity index (χ1v) is 6.51. The fourth-order valence-electron chi connectivity index (χ4n) is 3.30. The smallest absolute Gasteiger partial charge is 0.0174 e. The molecule has 0 heteroatoms. The van der Waals surface area contributed by atoms with Crippen LogP contribution in [0.3, 0.4) is 0 Å². The van der Waals surface area contributed by atoms with Gasteiger partial charge >= 0.3 is 0 Å². The summed E-state index contributed by atoms with van der Waals surface area (Å²) in [5, 5.41) is 0. The summed E-state index contributed by atoms with van der Waals surface area (Å²) >= 11 is 0. The Balaban J connectivity index is 2.91. The minimum atomic E-state index is 0.788. The summed E-state index contributed by atoms with van der Waals surface area (Å²) < 4.78 is 0. The second kappa shape index (κ2) is 4.72. The van der Waals surface area contributed by atoms with Crippen LogP contribution in [0, 0.1) is 35.5 Å². The van der Waals surface area contributed by atoms with E-state index in [1.165, 1.54) is 5.57 Å². The fourth-order valence-corrected chi connectivity index (χ4v) is 3.30. The Labute approximate surface area is 96.2 Å². The summed E-state index contributed by atoms with van der Waals surface area (Å²) in [5.41, 5.74) is 1.48. The van der Waals surface area contributed by atoms with Crippen molar-refractivity contribution < 1.29 is 0 Å². The van der Waals surface area contributed by atoms with E-state index in [1.807, 2.05) is 0 Å². The van der Waals surface area contributed by atoms with Gasteiger partial charge in [-0.25, -0.2) is 0 Å². The maximum atomic E-state index is 2.51. The molecule has 0 aromatic heterocycles. The molecular formula is C15H28. The van der Waals surface area contributed by atoms with Crippen LogP contribution in [0.2, 0.25) is 0 Å². The van der Waals surface area contributed by atoms with Crippen LogP contribution in [-0.4, -0.2) is 0 Å². The molecule has 1 saturated carbocycles. The second-order valence-electron chi connectivity index (χ2n) is 6.12. The van der Waals surface area contributed by atoms with Crippen LogP contribution >= 0.6 is 0 Å². The molecule has 0 N–H and O–H groups in total. The molecule has 0 spiro atoms. The molecule has 0 radical (unpaired) electrons. The van der Waals surface area contributed by atoms with Crippen LogP contribution in [0.5, 0.6) is 0 Å². The van der Waals surface area contributed by atoms with Crippen LogP contribution < -0.4 is 0 Å². The number of hydrogen-bond acceptors (Lipinski definition) is 0. The number of hydrogen-bond donors (Lipinski definition) is 0. The van der Waals surface area contributed by atoms with Crippen LogP contribution in [0.1, 0.15) is 48.5 Å². The van der Waals surface area contributed by atoms with Gasteiger partial charge in [-0.3, -0.25) is 0 Å². The standard InChI is InChI=1S/C15H28/c1-9(2)8-15-13(6)11(4)10(3)12(5)14(15)7/h8,10-15H,1-7H3. The van der Waals surface area contributed by atoms with Gasteiger partial charge < -0.3 is 0 Å². The molecule has 1 rings (SSSR count). The molecule has 0 saturated heterocycles. The van der Waals surface area contributed by atoms with E-state index in [4.69, 9.17) is 0 Å². The Morgan fingerprint density at radius 3 is 1.33 bits per heavy atom. The van der Waals surface area contributed by atoms with Crippen LogP contribution in [0.15, 0.2) is 11.6 Å². The fraction of sp³-hybridized carbons (Fsp3) is 0.867. The van der Waals surface area contributed by atoms with E-state index < -0.39 is 0 Å². The number of rotatable bonds is 1. The molecule has 0 amide bonds. The zero-order valence-electron chi connectivity index (χ0n) is 11.5.